The summed E-state index contributed by atoms with van der Waals surface area (Å²) in [5.74, 6) is 0.221. The monoisotopic (exact) mass is 334 g/mol. The van der Waals surface area contributed by atoms with Crippen molar-refractivity contribution in [3.05, 3.63) is 24.2 Å². The van der Waals surface area contributed by atoms with Crippen molar-refractivity contribution in [1.29, 1.82) is 0 Å². The molecule has 24 heavy (non-hydrogen) atoms. The average Bonchev–Trinajstić information content (AvgIpc) is 3.13. The van der Waals surface area contributed by atoms with Gasteiger partial charge in [0.15, 0.2) is 5.78 Å². The van der Waals surface area contributed by atoms with E-state index in [1.165, 1.54) is 89.9 Å². The first-order chi connectivity index (χ1) is 11.8. The molecule has 1 aromatic heterocycles. The molecule has 2 heteroatoms. The van der Waals surface area contributed by atoms with E-state index >= 15 is 0 Å². The van der Waals surface area contributed by atoms with Gasteiger partial charge in [0.05, 0.1) is 11.8 Å². The van der Waals surface area contributed by atoms with Crippen LogP contribution in [0, 0.1) is 0 Å². The number of rotatable bonds is 17. The topological polar surface area (TPSA) is 30.2 Å². The molecule has 0 bridgehead atoms. The maximum absolute atomic E-state index is 11.8. The highest BCUT2D eigenvalue weighted by Gasteiger charge is 2.05. The van der Waals surface area contributed by atoms with E-state index in [1.54, 1.807) is 18.6 Å². The quantitative estimate of drug-likeness (QED) is 0.215. The highest BCUT2D eigenvalue weighted by atomic mass is 16.3. The standard InChI is InChI=1S/C22H38O2/c1-2-3-4-5-6-7-8-9-10-11-12-13-14-15-16-17-22(23)21-18-19-24-20-21/h18-20H,2-17H2,1H3. The second kappa shape index (κ2) is 15.5. The van der Waals surface area contributed by atoms with Gasteiger partial charge in [-0.3, -0.25) is 4.79 Å². The number of furan rings is 1. The molecule has 0 atom stereocenters. The van der Waals surface area contributed by atoms with E-state index in [2.05, 4.69) is 6.92 Å². The van der Waals surface area contributed by atoms with Crippen LogP contribution in [0.5, 0.6) is 0 Å². The molecule has 0 aliphatic carbocycles. The number of carbonyl (C=O) groups is 1. The summed E-state index contributed by atoms with van der Waals surface area (Å²) in [6, 6.07) is 1.76. The molecule has 0 spiro atoms. The maximum atomic E-state index is 11.8. The molecule has 1 heterocycles. The Morgan fingerprint density at radius 3 is 1.62 bits per heavy atom. The van der Waals surface area contributed by atoms with Crippen LogP contribution in [0.4, 0.5) is 0 Å². The molecule has 1 aromatic rings. The molecule has 0 unspecified atom stereocenters. The Hall–Kier alpha value is -1.05. The van der Waals surface area contributed by atoms with E-state index in [1.807, 2.05) is 0 Å². The van der Waals surface area contributed by atoms with Gasteiger partial charge in [-0.25, -0.2) is 0 Å². The summed E-state index contributed by atoms with van der Waals surface area (Å²) < 4.78 is 4.94. The van der Waals surface area contributed by atoms with Crippen LogP contribution in [0.3, 0.4) is 0 Å². The molecule has 1 rings (SSSR count). The van der Waals surface area contributed by atoms with Crippen LogP contribution in [0.1, 0.15) is 120 Å². The molecule has 0 saturated carbocycles. The summed E-state index contributed by atoms with van der Waals surface area (Å²) in [7, 11) is 0. The fraction of sp³-hybridized carbons (Fsp3) is 0.773. The van der Waals surface area contributed by atoms with Gasteiger partial charge in [0.2, 0.25) is 0 Å². The lowest BCUT2D eigenvalue weighted by Crippen LogP contribution is -1.96. The van der Waals surface area contributed by atoms with Crippen molar-refractivity contribution < 1.29 is 9.21 Å². The molecule has 0 N–H and O–H groups in total. The zero-order valence-electron chi connectivity index (χ0n) is 15.9. The summed E-state index contributed by atoms with van der Waals surface area (Å²) in [6.45, 7) is 2.28. The lowest BCUT2D eigenvalue weighted by Gasteiger charge is -2.03. The summed E-state index contributed by atoms with van der Waals surface area (Å²) >= 11 is 0. The van der Waals surface area contributed by atoms with Crippen molar-refractivity contribution in [2.45, 2.75) is 110 Å². The molecular formula is C22H38O2. The van der Waals surface area contributed by atoms with Crippen LogP contribution in [0.2, 0.25) is 0 Å². The van der Waals surface area contributed by atoms with E-state index in [9.17, 15) is 4.79 Å². The minimum atomic E-state index is 0.221. The number of unbranched alkanes of at least 4 members (excludes halogenated alkanes) is 14. The normalized spacial score (nSPS) is 11.0. The van der Waals surface area contributed by atoms with Crippen molar-refractivity contribution in [1.82, 2.24) is 0 Å². The molecule has 0 saturated heterocycles. The first-order valence-corrected chi connectivity index (χ1v) is 10.4. The van der Waals surface area contributed by atoms with Crippen LogP contribution < -0.4 is 0 Å². The first kappa shape index (κ1) is 21.0. The van der Waals surface area contributed by atoms with Crippen molar-refractivity contribution in [3.8, 4) is 0 Å². The Labute approximate surface area is 149 Å². The Morgan fingerprint density at radius 1 is 0.750 bits per heavy atom. The average molecular weight is 335 g/mol. The van der Waals surface area contributed by atoms with Gasteiger partial charge in [-0.05, 0) is 12.5 Å². The van der Waals surface area contributed by atoms with Gasteiger partial charge >= 0.3 is 0 Å². The lowest BCUT2D eigenvalue weighted by molar-refractivity contribution is 0.0978. The Kier molecular flexibility index (Phi) is 13.5. The fourth-order valence-electron chi connectivity index (χ4n) is 3.22. The largest absolute Gasteiger partial charge is 0.472 e. The third-order valence-electron chi connectivity index (χ3n) is 4.85. The molecule has 0 fully saturated rings. The number of hydrogen-bond acceptors (Lipinski definition) is 2. The minimum Gasteiger partial charge on any atom is -0.472 e. The number of carbonyl (C=O) groups excluding carboxylic acids is 1. The van der Waals surface area contributed by atoms with E-state index in [4.69, 9.17) is 4.42 Å². The zero-order chi connectivity index (χ0) is 17.3. The Morgan fingerprint density at radius 2 is 1.21 bits per heavy atom. The van der Waals surface area contributed by atoms with Crippen molar-refractivity contribution in [2.75, 3.05) is 0 Å². The molecule has 2 nitrogen and oxygen atoms in total. The third kappa shape index (κ3) is 11.5. The summed E-state index contributed by atoms with van der Waals surface area (Å²) in [5, 5.41) is 0. The third-order valence-corrected chi connectivity index (χ3v) is 4.85. The molecular weight excluding hydrogens is 296 g/mol. The van der Waals surface area contributed by atoms with Crippen molar-refractivity contribution in [2.24, 2.45) is 0 Å². The van der Waals surface area contributed by atoms with Crippen LogP contribution in [0.15, 0.2) is 23.0 Å². The van der Waals surface area contributed by atoms with E-state index in [0.29, 0.717) is 6.42 Å². The van der Waals surface area contributed by atoms with Gasteiger partial charge in [-0.15, -0.1) is 0 Å². The molecule has 0 aliphatic rings. The minimum absolute atomic E-state index is 0.221. The predicted molar refractivity (Wildman–Crippen MR) is 103 cm³/mol. The number of ketones is 1. The van der Waals surface area contributed by atoms with Gasteiger partial charge in [0.1, 0.15) is 6.26 Å². The Bertz CT molecular complexity index is 381. The lowest BCUT2D eigenvalue weighted by atomic mass is 10.0. The van der Waals surface area contributed by atoms with Gasteiger partial charge in [-0.1, -0.05) is 96.8 Å². The second-order valence-corrected chi connectivity index (χ2v) is 7.13. The fourth-order valence-corrected chi connectivity index (χ4v) is 3.22. The first-order valence-electron chi connectivity index (χ1n) is 10.4. The second-order valence-electron chi connectivity index (χ2n) is 7.13. The predicted octanol–water partition coefficient (Wildman–Crippen LogP) is 7.72. The highest BCUT2D eigenvalue weighted by Crippen LogP contribution is 2.14. The number of hydrogen-bond donors (Lipinski definition) is 0. The highest BCUT2D eigenvalue weighted by molar-refractivity contribution is 5.95. The molecule has 0 aliphatic heterocycles. The molecule has 0 aromatic carbocycles. The summed E-state index contributed by atoms with van der Waals surface area (Å²) in [5.41, 5.74) is 0.723. The molecule has 0 radical (unpaired) electrons. The van der Waals surface area contributed by atoms with Crippen LogP contribution in [0.25, 0.3) is 0 Å². The molecule has 138 valence electrons. The van der Waals surface area contributed by atoms with Gasteiger partial charge in [-0.2, -0.15) is 0 Å². The van der Waals surface area contributed by atoms with Gasteiger partial charge in [0, 0.05) is 6.42 Å². The summed E-state index contributed by atoms with van der Waals surface area (Å²) in [6.07, 6.45) is 24.1. The van der Waals surface area contributed by atoms with Crippen LogP contribution >= 0.6 is 0 Å². The van der Waals surface area contributed by atoms with Crippen LogP contribution in [-0.4, -0.2) is 5.78 Å². The van der Waals surface area contributed by atoms with Crippen molar-refractivity contribution in [3.63, 3.8) is 0 Å². The van der Waals surface area contributed by atoms with E-state index in [0.717, 1.165) is 12.0 Å². The Balaban J connectivity index is 1.74. The van der Waals surface area contributed by atoms with E-state index < -0.39 is 0 Å². The van der Waals surface area contributed by atoms with Gasteiger partial charge < -0.3 is 4.42 Å². The molecule has 0 amide bonds. The zero-order valence-corrected chi connectivity index (χ0v) is 15.9. The van der Waals surface area contributed by atoms with Gasteiger partial charge in [0.25, 0.3) is 0 Å². The SMILES string of the molecule is CCCCCCCCCCCCCCCCCC(=O)c1ccoc1. The number of Topliss-reactive ketones (excluding diaryl/α,β-unsaturated/α-hetero) is 1. The van der Waals surface area contributed by atoms with Crippen molar-refractivity contribution >= 4 is 5.78 Å². The smallest absolute Gasteiger partial charge is 0.166 e. The summed E-state index contributed by atoms with van der Waals surface area (Å²) in [4.78, 5) is 11.8. The van der Waals surface area contributed by atoms with E-state index in [-0.39, 0.29) is 5.78 Å². The maximum Gasteiger partial charge on any atom is 0.166 e. The van der Waals surface area contributed by atoms with Crippen LogP contribution in [-0.2, 0) is 0 Å².